The average Bonchev–Trinajstić information content (AvgIpc) is 1.67. The largest absolute Gasteiger partial charge is 0.396 e. The van der Waals surface area contributed by atoms with E-state index in [2.05, 4.69) is 12.6 Å². The van der Waals surface area contributed by atoms with E-state index >= 15 is 0 Å². The third-order valence-corrected chi connectivity index (χ3v) is 1.67. The number of thiol groups is 1. The van der Waals surface area contributed by atoms with Crippen LogP contribution >= 0.6 is 12.6 Å². The zero-order valence-corrected chi connectivity index (χ0v) is 5.86. The molecule has 0 aliphatic carbocycles. The van der Waals surface area contributed by atoms with Crippen LogP contribution in [0, 0.1) is 0 Å². The number of aliphatic hydroxyl groups excluding tert-OH is 1. The molecule has 0 saturated carbocycles. The van der Waals surface area contributed by atoms with Gasteiger partial charge in [-0.05, 0) is 13.3 Å². The van der Waals surface area contributed by atoms with Gasteiger partial charge in [-0.1, -0.05) is 0 Å². The van der Waals surface area contributed by atoms with Gasteiger partial charge in [0.05, 0.1) is 5.60 Å². The summed E-state index contributed by atoms with van der Waals surface area (Å²) in [6.07, 6.45) is 0.399. The van der Waals surface area contributed by atoms with Crippen molar-refractivity contribution in [1.82, 2.24) is 0 Å². The Morgan fingerprint density at radius 2 is 2.12 bits per heavy atom. The summed E-state index contributed by atoms with van der Waals surface area (Å²) in [6, 6.07) is 0. The minimum absolute atomic E-state index is 0.0214. The zero-order chi connectivity index (χ0) is 6.62. The first-order valence-electron chi connectivity index (χ1n) is 2.56. The number of aliphatic hydroxyl groups is 2. The SMILES string of the molecule is CC(O)(CS)CCO. The van der Waals surface area contributed by atoms with E-state index in [1.165, 1.54) is 0 Å². The van der Waals surface area contributed by atoms with Gasteiger partial charge in [0.25, 0.3) is 0 Å². The highest BCUT2D eigenvalue weighted by molar-refractivity contribution is 7.80. The summed E-state index contributed by atoms with van der Waals surface area (Å²) in [5.74, 6) is 0.396. The van der Waals surface area contributed by atoms with Gasteiger partial charge in [-0.3, -0.25) is 0 Å². The maximum absolute atomic E-state index is 9.09. The van der Waals surface area contributed by atoms with Gasteiger partial charge >= 0.3 is 0 Å². The second-order valence-corrected chi connectivity index (χ2v) is 2.44. The summed E-state index contributed by atoms with van der Waals surface area (Å²) in [4.78, 5) is 0. The molecule has 0 rings (SSSR count). The first kappa shape index (κ1) is 8.27. The van der Waals surface area contributed by atoms with Gasteiger partial charge in [0.2, 0.25) is 0 Å². The molecule has 0 amide bonds. The van der Waals surface area contributed by atoms with Crippen molar-refractivity contribution < 1.29 is 10.2 Å². The maximum Gasteiger partial charge on any atom is 0.0729 e. The lowest BCUT2D eigenvalue weighted by Gasteiger charge is -2.18. The standard InChI is InChI=1S/C5H12O2S/c1-5(7,4-8)2-3-6/h6-8H,2-4H2,1H3. The zero-order valence-electron chi connectivity index (χ0n) is 4.96. The molecule has 1 unspecified atom stereocenters. The van der Waals surface area contributed by atoms with E-state index in [0.717, 1.165) is 0 Å². The van der Waals surface area contributed by atoms with Crippen molar-refractivity contribution in [2.45, 2.75) is 18.9 Å². The molecule has 0 aromatic carbocycles. The normalized spacial score (nSPS) is 18.0. The summed E-state index contributed by atoms with van der Waals surface area (Å²) in [7, 11) is 0. The Kier molecular flexibility index (Phi) is 3.44. The molecule has 0 aromatic heterocycles. The molecule has 50 valence electrons. The van der Waals surface area contributed by atoms with E-state index in [-0.39, 0.29) is 6.61 Å². The molecule has 0 aliphatic rings. The van der Waals surface area contributed by atoms with Gasteiger partial charge in [-0.15, -0.1) is 0 Å². The Bertz CT molecular complexity index is 63.4. The van der Waals surface area contributed by atoms with Crippen molar-refractivity contribution >= 4 is 12.6 Å². The second-order valence-electron chi connectivity index (χ2n) is 2.13. The van der Waals surface area contributed by atoms with Gasteiger partial charge in [0.15, 0.2) is 0 Å². The first-order valence-corrected chi connectivity index (χ1v) is 3.20. The van der Waals surface area contributed by atoms with Crippen molar-refractivity contribution in [2.75, 3.05) is 12.4 Å². The fourth-order valence-corrected chi connectivity index (χ4v) is 0.478. The summed E-state index contributed by atoms with van der Waals surface area (Å²) in [6.45, 7) is 1.67. The summed E-state index contributed by atoms with van der Waals surface area (Å²) in [5, 5.41) is 17.4. The van der Waals surface area contributed by atoms with Gasteiger partial charge in [0, 0.05) is 12.4 Å². The lowest BCUT2D eigenvalue weighted by molar-refractivity contribution is 0.0564. The Balaban J connectivity index is 3.37. The van der Waals surface area contributed by atoms with Crippen LogP contribution in [0.1, 0.15) is 13.3 Å². The Labute approximate surface area is 54.9 Å². The lowest BCUT2D eigenvalue weighted by Crippen LogP contribution is -2.27. The molecule has 0 aromatic rings. The number of hydrogen-bond donors (Lipinski definition) is 3. The lowest BCUT2D eigenvalue weighted by atomic mass is 10.1. The van der Waals surface area contributed by atoms with E-state index in [1.54, 1.807) is 6.92 Å². The van der Waals surface area contributed by atoms with E-state index in [1.807, 2.05) is 0 Å². The molecule has 0 aliphatic heterocycles. The summed E-state index contributed by atoms with van der Waals surface area (Å²) in [5.41, 5.74) is -0.794. The molecule has 0 fully saturated rings. The van der Waals surface area contributed by atoms with E-state index < -0.39 is 5.60 Å². The Morgan fingerprint density at radius 1 is 1.62 bits per heavy atom. The second kappa shape index (κ2) is 3.33. The van der Waals surface area contributed by atoms with E-state index in [0.29, 0.717) is 12.2 Å². The molecular weight excluding hydrogens is 124 g/mol. The highest BCUT2D eigenvalue weighted by Crippen LogP contribution is 2.08. The highest BCUT2D eigenvalue weighted by Gasteiger charge is 2.15. The molecular formula is C5H12O2S. The topological polar surface area (TPSA) is 40.5 Å². The quantitative estimate of drug-likeness (QED) is 0.480. The fourth-order valence-electron chi connectivity index (χ4n) is 0.320. The van der Waals surface area contributed by atoms with Gasteiger partial charge < -0.3 is 10.2 Å². The molecule has 0 heterocycles. The third-order valence-electron chi connectivity index (χ3n) is 0.991. The number of rotatable bonds is 3. The average molecular weight is 136 g/mol. The molecule has 0 radical (unpaired) electrons. The fraction of sp³-hybridized carbons (Fsp3) is 1.00. The molecule has 1 atom stereocenters. The smallest absolute Gasteiger partial charge is 0.0729 e. The first-order chi connectivity index (χ1) is 3.62. The minimum Gasteiger partial charge on any atom is -0.396 e. The minimum atomic E-state index is -0.794. The van der Waals surface area contributed by atoms with Crippen molar-refractivity contribution in [3.05, 3.63) is 0 Å². The van der Waals surface area contributed by atoms with Crippen molar-refractivity contribution in [1.29, 1.82) is 0 Å². The van der Waals surface area contributed by atoms with Crippen LogP contribution in [0.5, 0.6) is 0 Å². The van der Waals surface area contributed by atoms with Crippen LogP contribution in [0.15, 0.2) is 0 Å². The van der Waals surface area contributed by atoms with Crippen LogP contribution in [0.4, 0.5) is 0 Å². The highest BCUT2D eigenvalue weighted by atomic mass is 32.1. The Morgan fingerprint density at radius 3 is 2.25 bits per heavy atom. The van der Waals surface area contributed by atoms with Gasteiger partial charge in [-0.25, -0.2) is 0 Å². The van der Waals surface area contributed by atoms with E-state index in [9.17, 15) is 0 Å². The van der Waals surface area contributed by atoms with Gasteiger partial charge in [0.1, 0.15) is 0 Å². The molecule has 0 bridgehead atoms. The third kappa shape index (κ3) is 3.29. The molecule has 0 spiro atoms. The van der Waals surface area contributed by atoms with Crippen molar-refractivity contribution in [3.63, 3.8) is 0 Å². The van der Waals surface area contributed by atoms with Crippen LogP contribution in [-0.2, 0) is 0 Å². The number of hydrogen-bond acceptors (Lipinski definition) is 3. The van der Waals surface area contributed by atoms with Crippen molar-refractivity contribution in [2.24, 2.45) is 0 Å². The summed E-state index contributed by atoms with van der Waals surface area (Å²) >= 11 is 3.87. The van der Waals surface area contributed by atoms with Crippen LogP contribution in [0.25, 0.3) is 0 Å². The molecule has 8 heavy (non-hydrogen) atoms. The van der Waals surface area contributed by atoms with E-state index in [4.69, 9.17) is 10.2 Å². The van der Waals surface area contributed by atoms with Gasteiger partial charge in [-0.2, -0.15) is 12.6 Å². The molecule has 3 heteroatoms. The van der Waals surface area contributed by atoms with Crippen LogP contribution in [0.2, 0.25) is 0 Å². The van der Waals surface area contributed by atoms with Crippen molar-refractivity contribution in [3.8, 4) is 0 Å². The van der Waals surface area contributed by atoms with Crippen LogP contribution in [0.3, 0.4) is 0 Å². The molecule has 2 nitrogen and oxygen atoms in total. The molecule has 0 saturated heterocycles. The molecule has 2 N–H and O–H groups in total. The van der Waals surface area contributed by atoms with Crippen LogP contribution < -0.4 is 0 Å². The Hall–Kier alpha value is 0.270. The summed E-state index contributed by atoms with van der Waals surface area (Å²) < 4.78 is 0. The predicted octanol–water partition coefficient (Wildman–Crippen LogP) is 0.0496. The maximum atomic E-state index is 9.09. The van der Waals surface area contributed by atoms with Crippen LogP contribution in [-0.4, -0.2) is 28.2 Å². The monoisotopic (exact) mass is 136 g/mol. The predicted molar refractivity (Wildman–Crippen MR) is 36.2 cm³/mol.